The number of ether oxygens (including phenoxy) is 2. The molecule has 0 radical (unpaired) electrons. The van der Waals surface area contributed by atoms with E-state index in [1.165, 1.54) is 0 Å². The van der Waals surface area contributed by atoms with Crippen LogP contribution in [0.5, 0.6) is 11.5 Å². The second-order valence-corrected chi connectivity index (χ2v) is 5.20. The Labute approximate surface area is 123 Å². The van der Waals surface area contributed by atoms with Crippen LogP contribution < -0.4 is 20.1 Å². The maximum absolute atomic E-state index is 5.94. The summed E-state index contributed by atoms with van der Waals surface area (Å²) in [5.41, 5.74) is 7.90. The van der Waals surface area contributed by atoms with E-state index in [-0.39, 0.29) is 6.04 Å². The van der Waals surface area contributed by atoms with Gasteiger partial charge in [0, 0.05) is 30.8 Å². The highest BCUT2D eigenvalue weighted by atomic mass is 16.5. The first-order valence-corrected chi connectivity index (χ1v) is 6.99. The highest BCUT2D eigenvalue weighted by molar-refractivity contribution is 5.66. The molecule has 6 nitrogen and oxygen atoms in total. The molecule has 3 rings (SSSR count). The Morgan fingerprint density at radius 2 is 2.05 bits per heavy atom. The lowest BCUT2D eigenvalue weighted by molar-refractivity contribution is 0.355. The molecule has 0 saturated carbocycles. The lowest BCUT2D eigenvalue weighted by Gasteiger charge is -2.13. The fraction of sp³-hybridized carbons (Fsp3) is 0.400. The smallest absolute Gasteiger partial charge is 0.161 e. The minimum atomic E-state index is 0.242. The standard InChI is InChI=1S/C15H20N4O2/c1-20-13-4-3-10(7-14(13)21-2)12-8-15(18-17-12)19-6-5-11(16)9-19/h3-4,7-8,11H,5-6,9,16H2,1-2H3,(H,17,18). The second-order valence-electron chi connectivity index (χ2n) is 5.20. The molecule has 1 saturated heterocycles. The van der Waals surface area contributed by atoms with Crippen molar-refractivity contribution >= 4 is 5.82 Å². The Bertz CT molecular complexity index is 626. The number of methoxy groups -OCH3 is 2. The minimum absolute atomic E-state index is 0.242. The summed E-state index contributed by atoms with van der Waals surface area (Å²) in [6.07, 6.45) is 1.01. The molecule has 0 bridgehead atoms. The van der Waals surface area contributed by atoms with E-state index in [2.05, 4.69) is 15.1 Å². The van der Waals surface area contributed by atoms with Crippen molar-refractivity contribution in [2.24, 2.45) is 5.73 Å². The maximum Gasteiger partial charge on any atom is 0.161 e. The van der Waals surface area contributed by atoms with Gasteiger partial charge in [-0.1, -0.05) is 0 Å². The van der Waals surface area contributed by atoms with Gasteiger partial charge in [-0.15, -0.1) is 0 Å². The quantitative estimate of drug-likeness (QED) is 0.894. The summed E-state index contributed by atoms with van der Waals surface area (Å²) in [4.78, 5) is 2.20. The first-order valence-electron chi connectivity index (χ1n) is 6.99. The van der Waals surface area contributed by atoms with Gasteiger partial charge >= 0.3 is 0 Å². The molecule has 6 heteroatoms. The largest absolute Gasteiger partial charge is 0.493 e. The number of anilines is 1. The van der Waals surface area contributed by atoms with E-state index in [9.17, 15) is 0 Å². The molecule has 0 aliphatic carbocycles. The predicted octanol–water partition coefficient (Wildman–Crippen LogP) is 1.63. The van der Waals surface area contributed by atoms with Crippen molar-refractivity contribution in [1.82, 2.24) is 10.2 Å². The van der Waals surface area contributed by atoms with Crippen LogP contribution in [-0.4, -0.2) is 43.5 Å². The average Bonchev–Trinajstić information content (AvgIpc) is 3.15. The summed E-state index contributed by atoms with van der Waals surface area (Å²) in [6, 6.07) is 8.09. The predicted molar refractivity (Wildman–Crippen MR) is 81.9 cm³/mol. The Morgan fingerprint density at radius 3 is 2.71 bits per heavy atom. The molecular formula is C15H20N4O2. The van der Waals surface area contributed by atoms with Crippen LogP contribution >= 0.6 is 0 Å². The first kappa shape index (κ1) is 13.8. The van der Waals surface area contributed by atoms with Crippen molar-refractivity contribution in [2.45, 2.75) is 12.5 Å². The van der Waals surface area contributed by atoms with Gasteiger partial charge in [-0.05, 0) is 24.6 Å². The van der Waals surface area contributed by atoms with E-state index in [1.807, 2.05) is 24.3 Å². The fourth-order valence-electron chi connectivity index (χ4n) is 2.62. The zero-order valence-corrected chi connectivity index (χ0v) is 12.3. The van der Waals surface area contributed by atoms with Crippen LogP contribution in [0.1, 0.15) is 6.42 Å². The van der Waals surface area contributed by atoms with Crippen LogP contribution in [0.15, 0.2) is 24.3 Å². The Kier molecular flexibility index (Phi) is 3.70. The van der Waals surface area contributed by atoms with Crippen molar-refractivity contribution in [3.8, 4) is 22.8 Å². The zero-order valence-electron chi connectivity index (χ0n) is 12.3. The van der Waals surface area contributed by atoms with Gasteiger partial charge in [0.2, 0.25) is 0 Å². The maximum atomic E-state index is 5.94. The van der Waals surface area contributed by atoms with E-state index in [0.717, 1.165) is 36.6 Å². The Balaban J connectivity index is 1.86. The van der Waals surface area contributed by atoms with Crippen LogP contribution in [0.2, 0.25) is 0 Å². The number of aromatic amines is 1. The number of hydrogen-bond acceptors (Lipinski definition) is 5. The molecule has 2 heterocycles. The number of nitrogens with one attached hydrogen (secondary N) is 1. The van der Waals surface area contributed by atoms with Gasteiger partial charge in [-0.25, -0.2) is 0 Å². The monoisotopic (exact) mass is 288 g/mol. The summed E-state index contributed by atoms with van der Waals surface area (Å²) in [5.74, 6) is 2.36. The topological polar surface area (TPSA) is 76.4 Å². The van der Waals surface area contributed by atoms with E-state index >= 15 is 0 Å². The van der Waals surface area contributed by atoms with Gasteiger partial charge in [-0.3, -0.25) is 5.10 Å². The molecule has 1 aliphatic heterocycles. The Hall–Kier alpha value is -2.21. The number of nitrogens with two attached hydrogens (primary N) is 1. The Morgan fingerprint density at radius 1 is 1.24 bits per heavy atom. The highest BCUT2D eigenvalue weighted by Gasteiger charge is 2.21. The highest BCUT2D eigenvalue weighted by Crippen LogP contribution is 2.32. The van der Waals surface area contributed by atoms with E-state index in [1.54, 1.807) is 14.2 Å². The van der Waals surface area contributed by atoms with Crippen LogP contribution in [0.25, 0.3) is 11.3 Å². The summed E-state index contributed by atoms with van der Waals surface area (Å²) in [7, 11) is 3.26. The van der Waals surface area contributed by atoms with Crippen LogP contribution in [0.4, 0.5) is 5.82 Å². The van der Waals surface area contributed by atoms with Crippen molar-refractivity contribution in [3.63, 3.8) is 0 Å². The third-order valence-corrected chi connectivity index (χ3v) is 3.81. The molecule has 21 heavy (non-hydrogen) atoms. The number of H-pyrrole nitrogens is 1. The molecule has 0 amide bonds. The molecule has 112 valence electrons. The lowest BCUT2D eigenvalue weighted by atomic mass is 10.1. The molecule has 1 aromatic carbocycles. The summed E-state index contributed by atoms with van der Waals surface area (Å²) in [6.45, 7) is 1.81. The van der Waals surface area contributed by atoms with Crippen LogP contribution in [0.3, 0.4) is 0 Å². The molecule has 2 aromatic rings. The SMILES string of the molecule is COc1ccc(-c2cc(N3CCC(N)C3)n[nH]2)cc1OC. The van der Waals surface area contributed by atoms with Crippen molar-refractivity contribution in [1.29, 1.82) is 0 Å². The first-order chi connectivity index (χ1) is 10.2. The average molecular weight is 288 g/mol. The number of nitrogens with zero attached hydrogens (tertiary/aromatic N) is 2. The summed E-state index contributed by atoms with van der Waals surface area (Å²) < 4.78 is 10.6. The summed E-state index contributed by atoms with van der Waals surface area (Å²) >= 11 is 0. The normalized spacial score (nSPS) is 18.0. The second kappa shape index (κ2) is 5.65. The molecule has 1 atom stereocenters. The third kappa shape index (κ3) is 2.67. The van der Waals surface area contributed by atoms with Gasteiger partial charge in [0.15, 0.2) is 17.3 Å². The minimum Gasteiger partial charge on any atom is -0.493 e. The third-order valence-electron chi connectivity index (χ3n) is 3.81. The molecule has 1 unspecified atom stereocenters. The van der Waals surface area contributed by atoms with Gasteiger partial charge in [0.25, 0.3) is 0 Å². The van der Waals surface area contributed by atoms with Crippen LogP contribution in [0, 0.1) is 0 Å². The van der Waals surface area contributed by atoms with E-state index in [0.29, 0.717) is 11.5 Å². The number of aromatic nitrogens is 2. The van der Waals surface area contributed by atoms with Gasteiger partial charge < -0.3 is 20.1 Å². The molecule has 1 fully saturated rings. The molecular weight excluding hydrogens is 268 g/mol. The van der Waals surface area contributed by atoms with Crippen molar-refractivity contribution in [3.05, 3.63) is 24.3 Å². The lowest BCUT2D eigenvalue weighted by Crippen LogP contribution is -2.26. The van der Waals surface area contributed by atoms with Crippen molar-refractivity contribution < 1.29 is 9.47 Å². The zero-order chi connectivity index (χ0) is 14.8. The number of hydrogen-bond donors (Lipinski definition) is 2. The van der Waals surface area contributed by atoms with E-state index < -0.39 is 0 Å². The van der Waals surface area contributed by atoms with Gasteiger partial charge in [0.1, 0.15) is 0 Å². The number of benzene rings is 1. The van der Waals surface area contributed by atoms with Gasteiger partial charge in [-0.2, -0.15) is 5.10 Å². The molecule has 0 spiro atoms. The molecule has 3 N–H and O–H groups in total. The molecule has 1 aromatic heterocycles. The van der Waals surface area contributed by atoms with Gasteiger partial charge in [0.05, 0.1) is 19.9 Å². The van der Waals surface area contributed by atoms with Crippen LogP contribution in [-0.2, 0) is 0 Å². The van der Waals surface area contributed by atoms with E-state index in [4.69, 9.17) is 15.2 Å². The van der Waals surface area contributed by atoms with Crippen molar-refractivity contribution in [2.75, 3.05) is 32.2 Å². The molecule has 1 aliphatic rings. The summed E-state index contributed by atoms with van der Waals surface area (Å²) in [5, 5.41) is 7.45. The number of rotatable bonds is 4. The fourth-order valence-corrected chi connectivity index (χ4v) is 2.62.